The number of hydrogen-bond acceptors (Lipinski definition) is 2. The molecule has 0 saturated carbocycles. The van der Waals surface area contributed by atoms with Crippen LogP contribution in [0.2, 0.25) is 5.02 Å². The van der Waals surface area contributed by atoms with Gasteiger partial charge >= 0.3 is 0 Å². The lowest BCUT2D eigenvalue weighted by molar-refractivity contribution is 0.346. The minimum absolute atomic E-state index is 0.221. The Kier molecular flexibility index (Phi) is 3.52. The van der Waals surface area contributed by atoms with Gasteiger partial charge < -0.3 is 0 Å². The maximum absolute atomic E-state index is 12.2. The van der Waals surface area contributed by atoms with Gasteiger partial charge in [-0.25, -0.2) is 8.42 Å². The van der Waals surface area contributed by atoms with Crippen molar-refractivity contribution in [3.63, 3.8) is 0 Å². The average Bonchev–Trinajstić information content (AvgIpc) is 2.30. The summed E-state index contributed by atoms with van der Waals surface area (Å²) in [5.41, 5.74) is 0. The van der Waals surface area contributed by atoms with Gasteiger partial charge in [0.05, 0.1) is 5.02 Å². The van der Waals surface area contributed by atoms with Crippen LogP contribution in [-0.4, -0.2) is 25.8 Å². The lowest BCUT2D eigenvalue weighted by Gasteiger charge is -2.26. The summed E-state index contributed by atoms with van der Waals surface area (Å²) in [5.74, 6) is 0. The maximum Gasteiger partial charge on any atom is 0.244 e. The molecule has 0 amide bonds. The summed E-state index contributed by atoms with van der Waals surface area (Å²) in [4.78, 5) is 0.221. The zero-order valence-electron chi connectivity index (χ0n) is 8.89. The molecule has 1 aromatic rings. The predicted molar refractivity (Wildman–Crippen MR) is 64.1 cm³/mol. The van der Waals surface area contributed by atoms with Crippen LogP contribution in [0.3, 0.4) is 0 Å². The van der Waals surface area contributed by atoms with Gasteiger partial charge in [-0.1, -0.05) is 30.2 Å². The highest BCUT2D eigenvalue weighted by atomic mass is 35.5. The molecule has 5 heteroatoms. The largest absolute Gasteiger partial charge is 0.244 e. The van der Waals surface area contributed by atoms with Crippen LogP contribution in [0.1, 0.15) is 19.3 Å². The Hall–Kier alpha value is -0.580. The van der Waals surface area contributed by atoms with Gasteiger partial charge in [0.25, 0.3) is 0 Å². The van der Waals surface area contributed by atoms with Crippen LogP contribution >= 0.6 is 11.6 Å². The molecule has 1 aliphatic heterocycles. The van der Waals surface area contributed by atoms with Gasteiger partial charge in [0.15, 0.2) is 0 Å². The molecule has 0 unspecified atom stereocenters. The monoisotopic (exact) mass is 259 g/mol. The summed E-state index contributed by atoms with van der Waals surface area (Å²) in [5, 5.41) is 0.299. The van der Waals surface area contributed by atoms with Crippen molar-refractivity contribution in [1.29, 1.82) is 0 Å². The quantitative estimate of drug-likeness (QED) is 0.818. The SMILES string of the molecule is O=S(=O)(c1ccccc1Cl)N1CCCCC1. The summed E-state index contributed by atoms with van der Waals surface area (Å²) in [6.45, 7) is 1.21. The summed E-state index contributed by atoms with van der Waals surface area (Å²) >= 11 is 5.92. The van der Waals surface area contributed by atoms with E-state index in [1.165, 1.54) is 4.31 Å². The molecule has 0 N–H and O–H groups in total. The van der Waals surface area contributed by atoms with Crippen LogP contribution < -0.4 is 0 Å². The Labute approximate surface area is 101 Å². The van der Waals surface area contributed by atoms with Crippen LogP contribution in [0.5, 0.6) is 0 Å². The Morgan fingerprint density at radius 2 is 1.69 bits per heavy atom. The normalized spacial score (nSPS) is 18.6. The third kappa shape index (κ3) is 2.24. The molecule has 1 heterocycles. The molecule has 0 atom stereocenters. The number of sulfonamides is 1. The van der Waals surface area contributed by atoms with E-state index in [-0.39, 0.29) is 4.90 Å². The first-order valence-electron chi connectivity index (χ1n) is 5.37. The van der Waals surface area contributed by atoms with Gasteiger partial charge in [-0.05, 0) is 25.0 Å². The van der Waals surface area contributed by atoms with E-state index >= 15 is 0 Å². The molecule has 0 spiro atoms. The highest BCUT2D eigenvalue weighted by molar-refractivity contribution is 7.89. The molecule has 1 aliphatic rings. The van der Waals surface area contributed by atoms with E-state index in [4.69, 9.17) is 11.6 Å². The summed E-state index contributed by atoms with van der Waals surface area (Å²) in [6.07, 6.45) is 2.97. The molecule has 0 aliphatic carbocycles. The molecular formula is C11H14ClNO2S. The number of halogens is 1. The van der Waals surface area contributed by atoms with Crippen molar-refractivity contribution < 1.29 is 8.42 Å². The fourth-order valence-corrected chi connectivity index (χ4v) is 3.91. The molecule has 88 valence electrons. The van der Waals surface area contributed by atoms with E-state index < -0.39 is 10.0 Å². The van der Waals surface area contributed by atoms with E-state index in [9.17, 15) is 8.42 Å². The van der Waals surface area contributed by atoms with E-state index in [1.807, 2.05) is 0 Å². The van der Waals surface area contributed by atoms with Crippen LogP contribution in [-0.2, 0) is 10.0 Å². The van der Waals surface area contributed by atoms with E-state index in [0.29, 0.717) is 18.1 Å². The first kappa shape index (κ1) is 11.9. The molecule has 1 fully saturated rings. The average molecular weight is 260 g/mol. The molecule has 0 radical (unpaired) electrons. The lowest BCUT2D eigenvalue weighted by Crippen LogP contribution is -2.35. The first-order valence-corrected chi connectivity index (χ1v) is 7.19. The Morgan fingerprint density at radius 1 is 1.06 bits per heavy atom. The predicted octanol–water partition coefficient (Wildman–Crippen LogP) is 2.51. The third-order valence-corrected chi connectivity index (χ3v) is 5.17. The van der Waals surface area contributed by atoms with Crippen molar-refractivity contribution in [1.82, 2.24) is 4.31 Å². The summed E-state index contributed by atoms with van der Waals surface area (Å²) < 4.78 is 26.0. The zero-order valence-corrected chi connectivity index (χ0v) is 10.5. The van der Waals surface area contributed by atoms with Crippen molar-refractivity contribution >= 4 is 21.6 Å². The van der Waals surface area contributed by atoms with E-state index in [2.05, 4.69) is 0 Å². The minimum atomic E-state index is -3.39. The molecule has 0 bridgehead atoms. The number of piperidine rings is 1. The second-order valence-corrected chi connectivity index (χ2v) is 6.21. The number of hydrogen-bond donors (Lipinski definition) is 0. The van der Waals surface area contributed by atoms with Gasteiger partial charge in [-0.2, -0.15) is 4.31 Å². The summed E-state index contributed by atoms with van der Waals surface area (Å²) in [6, 6.07) is 6.60. The Morgan fingerprint density at radius 3 is 2.31 bits per heavy atom. The number of rotatable bonds is 2. The van der Waals surface area contributed by atoms with E-state index in [1.54, 1.807) is 24.3 Å². The minimum Gasteiger partial charge on any atom is -0.207 e. The fraction of sp³-hybridized carbons (Fsp3) is 0.455. The van der Waals surface area contributed by atoms with Crippen molar-refractivity contribution in [2.24, 2.45) is 0 Å². The molecule has 1 saturated heterocycles. The summed E-state index contributed by atoms with van der Waals surface area (Å²) in [7, 11) is -3.39. The van der Waals surface area contributed by atoms with Crippen LogP contribution in [0.15, 0.2) is 29.2 Å². The molecule has 1 aromatic carbocycles. The second kappa shape index (κ2) is 4.73. The molecule has 2 rings (SSSR count). The van der Waals surface area contributed by atoms with Gasteiger partial charge in [0.1, 0.15) is 4.90 Å². The van der Waals surface area contributed by atoms with Gasteiger partial charge in [-0.15, -0.1) is 0 Å². The van der Waals surface area contributed by atoms with Gasteiger partial charge in [-0.3, -0.25) is 0 Å². The fourth-order valence-electron chi connectivity index (χ4n) is 1.90. The third-order valence-electron chi connectivity index (χ3n) is 2.77. The first-order chi connectivity index (χ1) is 7.62. The Bertz CT molecular complexity index is 467. The molecular weight excluding hydrogens is 246 g/mol. The topological polar surface area (TPSA) is 37.4 Å². The lowest BCUT2D eigenvalue weighted by atomic mass is 10.2. The van der Waals surface area contributed by atoms with Crippen LogP contribution in [0.25, 0.3) is 0 Å². The van der Waals surface area contributed by atoms with Crippen molar-refractivity contribution in [2.45, 2.75) is 24.2 Å². The van der Waals surface area contributed by atoms with Gasteiger partial charge in [0, 0.05) is 13.1 Å². The van der Waals surface area contributed by atoms with Crippen molar-refractivity contribution in [2.75, 3.05) is 13.1 Å². The van der Waals surface area contributed by atoms with E-state index in [0.717, 1.165) is 19.3 Å². The Balaban J connectivity index is 2.35. The molecule has 3 nitrogen and oxygen atoms in total. The van der Waals surface area contributed by atoms with Crippen LogP contribution in [0.4, 0.5) is 0 Å². The van der Waals surface area contributed by atoms with Crippen molar-refractivity contribution in [3.05, 3.63) is 29.3 Å². The van der Waals surface area contributed by atoms with Crippen molar-refractivity contribution in [3.8, 4) is 0 Å². The molecule has 0 aromatic heterocycles. The number of benzene rings is 1. The second-order valence-electron chi connectivity index (χ2n) is 3.90. The van der Waals surface area contributed by atoms with Gasteiger partial charge in [0.2, 0.25) is 10.0 Å². The number of nitrogens with zero attached hydrogens (tertiary/aromatic N) is 1. The van der Waals surface area contributed by atoms with Crippen LogP contribution in [0, 0.1) is 0 Å². The highest BCUT2D eigenvalue weighted by Gasteiger charge is 2.27. The maximum atomic E-state index is 12.2. The molecule has 16 heavy (non-hydrogen) atoms. The smallest absolute Gasteiger partial charge is 0.207 e. The standard InChI is InChI=1S/C11H14ClNO2S/c12-10-6-2-3-7-11(10)16(14,15)13-8-4-1-5-9-13/h2-3,6-7H,1,4-5,8-9H2. The zero-order chi connectivity index (χ0) is 11.6. The highest BCUT2D eigenvalue weighted by Crippen LogP contribution is 2.26.